The van der Waals surface area contributed by atoms with E-state index in [0.717, 1.165) is 34.5 Å². The van der Waals surface area contributed by atoms with Crippen LogP contribution >= 0.6 is 28.6 Å². The Balaban J connectivity index is 1.88. The Labute approximate surface area is 143 Å². The molecule has 0 saturated heterocycles. The smallest absolute Gasteiger partial charge is 0.325 e. The first kappa shape index (κ1) is 16.4. The Morgan fingerprint density at radius 3 is 2.70 bits per heavy atom. The molecular formula is C14H10F3IN4S. The third-order valence-electron chi connectivity index (χ3n) is 2.89. The van der Waals surface area contributed by atoms with Crippen LogP contribution in [0.25, 0.3) is 4.91 Å². The van der Waals surface area contributed by atoms with Gasteiger partial charge in [0, 0.05) is 6.20 Å². The highest BCUT2D eigenvalue weighted by atomic mass is 127. The van der Waals surface area contributed by atoms with Crippen LogP contribution in [0.15, 0.2) is 39.8 Å². The first-order valence-corrected chi connectivity index (χ1v) is 10.7. The van der Waals surface area contributed by atoms with Gasteiger partial charge in [0.05, 0.1) is 42.0 Å². The molecule has 120 valence electrons. The molecule has 0 atom stereocenters. The predicted octanol–water partition coefficient (Wildman–Crippen LogP) is 5.66. The normalized spacial score (nSPS) is 14.3. The van der Waals surface area contributed by atoms with Crippen LogP contribution in [0, 0.1) is 6.92 Å². The van der Waals surface area contributed by atoms with Gasteiger partial charge in [0.25, 0.3) is 0 Å². The summed E-state index contributed by atoms with van der Waals surface area (Å²) in [5, 5.41) is 2.84. The molecule has 0 bridgehead atoms. The van der Waals surface area contributed by atoms with Gasteiger partial charge in [-0.05, 0) is 45.7 Å². The van der Waals surface area contributed by atoms with Gasteiger partial charge in [-0.2, -0.15) is 13.2 Å². The van der Waals surface area contributed by atoms with Gasteiger partial charge >= 0.3 is 6.18 Å². The van der Waals surface area contributed by atoms with E-state index in [-0.39, 0.29) is 25.5 Å². The van der Waals surface area contributed by atoms with Gasteiger partial charge in [-0.1, -0.05) is 0 Å². The van der Waals surface area contributed by atoms with E-state index in [2.05, 4.69) is 18.4 Å². The second-order valence-corrected chi connectivity index (χ2v) is 8.50. The summed E-state index contributed by atoms with van der Waals surface area (Å²) < 4.78 is 42.5. The molecule has 2 aromatic heterocycles. The lowest BCUT2D eigenvalue weighted by Crippen LogP contribution is -2.06. The van der Waals surface area contributed by atoms with Gasteiger partial charge < -0.3 is 5.32 Å². The molecule has 4 nitrogen and oxygen atoms in total. The molecule has 23 heavy (non-hydrogen) atoms. The summed E-state index contributed by atoms with van der Waals surface area (Å²) in [6, 6.07) is 5.59. The zero-order valence-electron chi connectivity index (χ0n) is 11.7. The van der Waals surface area contributed by atoms with E-state index in [1.807, 2.05) is 13.0 Å². The molecule has 1 aliphatic heterocycles. The molecule has 3 heterocycles. The number of rotatable bonds is 3. The van der Waals surface area contributed by atoms with Crippen LogP contribution in [0.2, 0.25) is 0 Å². The third kappa shape index (κ3) is 4.08. The molecule has 0 aromatic carbocycles. The average molecular weight is 450 g/mol. The van der Waals surface area contributed by atoms with E-state index in [9.17, 15) is 13.2 Å². The van der Waals surface area contributed by atoms with Gasteiger partial charge in [0.2, 0.25) is 0 Å². The fourth-order valence-electron chi connectivity index (χ4n) is 1.91. The molecule has 9 heteroatoms. The van der Waals surface area contributed by atoms with Crippen molar-refractivity contribution in [3.8, 4) is 0 Å². The molecule has 0 amide bonds. The Kier molecular flexibility index (Phi) is 4.67. The number of hydrogen-bond acceptors (Lipinski definition) is 5. The maximum absolute atomic E-state index is 12.8. The van der Waals surface area contributed by atoms with Gasteiger partial charge in [-0.3, -0.25) is 0 Å². The van der Waals surface area contributed by atoms with E-state index in [4.69, 9.17) is 0 Å². The highest BCUT2D eigenvalue weighted by Crippen LogP contribution is 2.43. The number of aryl methyl sites for hydroxylation is 1. The fraction of sp³-hybridized carbons (Fsp3) is 0.143. The van der Waals surface area contributed by atoms with Crippen LogP contribution in [0.3, 0.4) is 0 Å². The van der Waals surface area contributed by atoms with Crippen LogP contribution < -0.4 is 5.32 Å². The molecule has 0 saturated carbocycles. The number of halogens is 4. The van der Waals surface area contributed by atoms with Gasteiger partial charge in [0.15, 0.2) is 0 Å². The summed E-state index contributed by atoms with van der Waals surface area (Å²) in [4.78, 5) is 9.35. The van der Waals surface area contributed by atoms with Crippen molar-refractivity contribution in [1.29, 1.82) is 0 Å². The highest BCUT2D eigenvalue weighted by molar-refractivity contribution is 14.2. The molecule has 0 fully saturated rings. The quantitative estimate of drug-likeness (QED) is 0.614. The van der Waals surface area contributed by atoms with E-state index in [1.54, 1.807) is 21.2 Å². The fourth-order valence-corrected chi connectivity index (χ4v) is 5.15. The van der Waals surface area contributed by atoms with E-state index >= 15 is 0 Å². The van der Waals surface area contributed by atoms with Crippen molar-refractivity contribution < 1.29 is 13.2 Å². The van der Waals surface area contributed by atoms with Crippen LogP contribution in [0.1, 0.15) is 16.8 Å². The zero-order chi connectivity index (χ0) is 16.4. The van der Waals surface area contributed by atoms with E-state index < -0.39 is 11.7 Å². The molecule has 0 aliphatic carbocycles. The lowest BCUT2D eigenvalue weighted by atomic mass is 10.2. The SMILES string of the molecule is Cc1cc(Nc2cc(C(F)(F)F)ccn2)nc(C2=CN=IS2)c1. The highest BCUT2D eigenvalue weighted by Gasteiger charge is 2.30. The Bertz CT molecular complexity index is 805. The number of pyridine rings is 2. The number of aromatic nitrogens is 2. The summed E-state index contributed by atoms with van der Waals surface area (Å²) in [6.07, 6.45) is -1.48. The number of nitrogens with zero attached hydrogens (tertiary/aromatic N) is 3. The average Bonchev–Trinajstić information content (AvgIpc) is 3.00. The van der Waals surface area contributed by atoms with Crippen molar-refractivity contribution in [2.45, 2.75) is 13.1 Å². The summed E-state index contributed by atoms with van der Waals surface area (Å²) in [5.41, 5.74) is 0.974. The molecule has 0 spiro atoms. The number of alkyl halides is 3. The van der Waals surface area contributed by atoms with Crippen molar-refractivity contribution in [1.82, 2.24) is 9.97 Å². The minimum absolute atomic E-state index is 0.106. The van der Waals surface area contributed by atoms with Crippen LogP contribution in [-0.2, 0) is 6.18 Å². The molecule has 2 aromatic rings. The maximum atomic E-state index is 12.8. The summed E-state index contributed by atoms with van der Waals surface area (Å²) in [7, 11) is 1.67. The number of hydrogen-bond donors (Lipinski definition) is 1. The zero-order valence-corrected chi connectivity index (χ0v) is 14.7. The van der Waals surface area contributed by atoms with Gasteiger partial charge in [-0.15, -0.1) is 0 Å². The topological polar surface area (TPSA) is 50.2 Å². The molecule has 0 unspecified atom stereocenters. The van der Waals surface area contributed by atoms with Crippen molar-refractivity contribution in [3.63, 3.8) is 0 Å². The predicted molar refractivity (Wildman–Crippen MR) is 93.5 cm³/mol. The second-order valence-electron chi connectivity index (χ2n) is 4.70. The largest absolute Gasteiger partial charge is 0.416 e. The van der Waals surface area contributed by atoms with Crippen molar-refractivity contribution in [2.24, 2.45) is 3.15 Å². The van der Waals surface area contributed by atoms with E-state index in [1.165, 1.54) is 0 Å². The van der Waals surface area contributed by atoms with E-state index in [0.29, 0.717) is 5.82 Å². The third-order valence-corrected chi connectivity index (χ3v) is 6.49. The first-order valence-electron chi connectivity index (χ1n) is 6.42. The van der Waals surface area contributed by atoms with Crippen molar-refractivity contribution in [3.05, 3.63) is 53.5 Å². The number of nitrogens with one attached hydrogen (secondary N) is 1. The molecule has 0 radical (unpaired) electrons. The maximum Gasteiger partial charge on any atom is 0.416 e. The summed E-state index contributed by atoms with van der Waals surface area (Å²) in [5.74, 6) is 0.562. The standard InChI is InChI=1S/C14H10F3IN4S/c1-8-4-10(11-7-20-18-23-11)21-13(5-8)22-12-6-9(2-3-19-12)14(15,16)17/h2-7H,1H3,(H,19,21,22). The second kappa shape index (κ2) is 6.56. The first-order chi connectivity index (χ1) is 10.9. The Hall–Kier alpha value is -1.49. The van der Waals surface area contributed by atoms with Crippen LogP contribution in [-0.4, -0.2) is 9.97 Å². The monoisotopic (exact) mass is 450 g/mol. The lowest BCUT2D eigenvalue weighted by Gasteiger charge is -2.11. The number of anilines is 2. The van der Waals surface area contributed by atoms with Crippen molar-refractivity contribution >= 4 is 45.1 Å². The molecule has 1 aliphatic rings. The van der Waals surface area contributed by atoms with Gasteiger partial charge in [-0.25, -0.2) is 13.1 Å². The minimum Gasteiger partial charge on any atom is -0.325 e. The van der Waals surface area contributed by atoms with Gasteiger partial charge in [0.1, 0.15) is 11.6 Å². The minimum atomic E-state index is -4.40. The summed E-state index contributed by atoms with van der Waals surface area (Å²) >= 11 is -0.259. The Morgan fingerprint density at radius 1 is 1.17 bits per heavy atom. The van der Waals surface area contributed by atoms with Crippen LogP contribution in [0.4, 0.5) is 24.8 Å². The summed E-state index contributed by atoms with van der Waals surface area (Å²) in [6.45, 7) is 1.91. The molecular weight excluding hydrogens is 440 g/mol. The lowest BCUT2D eigenvalue weighted by molar-refractivity contribution is -0.137. The molecule has 1 N–H and O–H groups in total. The van der Waals surface area contributed by atoms with Crippen LogP contribution in [0.5, 0.6) is 0 Å². The molecule has 3 rings (SSSR count). The Morgan fingerprint density at radius 2 is 2.00 bits per heavy atom. The van der Waals surface area contributed by atoms with Crippen molar-refractivity contribution in [2.75, 3.05) is 5.32 Å².